The van der Waals surface area contributed by atoms with Crippen molar-refractivity contribution >= 4 is 29.0 Å². The fourth-order valence-electron chi connectivity index (χ4n) is 6.90. The number of amidine groups is 2. The molecule has 0 bridgehead atoms. The number of aliphatic imine (C=N–C) groups is 3. The highest BCUT2D eigenvalue weighted by molar-refractivity contribution is 6.13. The summed E-state index contributed by atoms with van der Waals surface area (Å²) in [5, 5.41) is 0. The van der Waals surface area contributed by atoms with E-state index in [4.69, 9.17) is 15.0 Å². The van der Waals surface area contributed by atoms with Crippen molar-refractivity contribution in [1.29, 1.82) is 0 Å². The normalized spacial score (nSPS) is 15.3. The summed E-state index contributed by atoms with van der Waals surface area (Å²) in [5.74, 6) is 1.53. The fraction of sp³-hybridized carbons (Fsp3) is 0.417. The molecule has 0 N–H and O–H groups in total. The predicted octanol–water partition coefficient (Wildman–Crippen LogP) is 17.7. The van der Waals surface area contributed by atoms with E-state index in [0.717, 1.165) is 36.0 Å². The molecular weight excluding hydrogens is 763 g/mol. The van der Waals surface area contributed by atoms with Crippen LogP contribution in [0.15, 0.2) is 148 Å². The highest BCUT2D eigenvalue weighted by Gasteiger charge is 2.17. The maximum absolute atomic E-state index is 5.20. The summed E-state index contributed by atoms with van der Waals surface area (Å²) in [6, 6.07) is 35.5. The highest BCUT2D eigenvalue weighted by atomic mass is 15.0. The van der Waals surface area contributed by atoms with Crippen molar-refractivity contribution in [1.82, 2.24) is 0 Å². The first-order valence-corrected chi connectivity index (χ1v) is 23.8. The first-order valence-electron chi connectivity index (χ1n) is 23.8. The Morgan fingerprint density at radius 2 is 1.02 bits per heavy atom. The minimum Gasteiger partial charge on any atom is -0.270 e. The maximum atomic E-state index is 5.20. The fourth-order valence-corrected chi connectivity index (χ4v) is 6.90. The molecule has 0 amide bonds. The Labute approximate surface area is 386 Å². The van der Waals surface area contributed by atoms with E-state index in [1.807, 2.05) is 48.6 Å². The van der Waals surface area contributed by atoms with Crippen molar-refractivity contribution in [2.24, 2.45) is 20.9 Å². The Morgan fingerprint density at radius 1 is 0.587 bits per heavy atom. The second kappa shape index (κ2) is 25.8. The Morgan fingerprint density at radius 3 is 1.46 bits per heavy atom. The number of hydrogen-bond donors (Lipinski definition) is 0. The second-order valence-corrected chi connectivity index (χ2v) is 18.5. The molecule has 5 rings (SSSR count). The molecule has 0 saturated carbocycles. The van der Waals surface area contributed by atoms with Gasteiger partial charge in [0.15, 0.2) is 11.7 Å². The van der Waals surface area contributed by atoms with Crippen LogP contribution in [0, 0.1) is 5.92 Å². The summed E-state index contributed by atoms with van der Waals surface area (Å²) in [7, 11) is 1.82. The van der Waals surface area contributed by atoms with Gasteiger partial charge in [-0.05, 0) is 98.1 Å². The minimum atomic E-state index is 0.115. The molecule has 1 atom stereocenters. The third kappa shape index (κ3) is 16.5. The molecule has 1 unspecified atom stereocenters. The Bertz CT molecular complexity index is 2180. The molecular formula is C60H83N3. The van der Waals surface area contributed by atoms with Crippen LogP contribution >= 0.6 is 0 Å². The van der Waals surface area contributed by atoms with Gasteiger partial charge in [-0.3, -0.25) is 4.99 Å². The number of allylic oxidation sites excluding steroid dienone is 7. The van der Waals surface area contributed by atoms with Crippen LogP contribution in [0.3, 0.4) is 0 Å². The third-order valence-corrected chi connectivity index (χ3v) is 10.9. The number of benzene rings is 4. The lowest BCUT2D eigenvalue weighted by molar-refractivity contribution is 0.590. The highest BCUT2D eigenvalue weighted by Crippen LogP contribution is 2.29. The summed E-state index contributed by atoms with van der Waals surface area (Å²) < 4.78 is 0. The van der Waals surface area contributed by atoms with E-state index in [1.54, 1.807) is 0 Å². The first kappa shape index (κ1) is 54.0. The van der Waals surface area contributed by atoms with Crippen LogP contribution in [-0.2, 0) is 16.2 Å². The molecule has 0 spiro atoms. The van der Waals surface area contributed by atoms with Crippen molar-refractivity contribution in [2.75, 3.05) is 7.05 Å². The van der Waals surface area contributed by atoms with Crippen LogP contribution in [0.5, 0.6) is 0 Å². The molecule has 0 aromatic heterocycles. The average molecular weight is 846 g/mol. The van der Waals surface area contributed by atoms with Gasteiger partial charge in [0.05, 0.1) is 0 Å². The molecule has 0 aliphatic heterocycles. The average Bonchev–Trinajstić information content (AvgIpc) is 3.54. The first-order chi connectivity index (χ1) is 30.0. The Balaban J connectivity index is 0.00000218. The lowest BCUT2D eigenvalue weighted by Gasteiger charge is -2.19. The molecule has 0 fully saturated rings. The van der Waals surface area contributed by atoms with Crippen molar-refractivity contribution in [3.63, 3.8) is 0 Å². The molecule has 3 nitrogen and oxygen atoms in total. The van der Waals surface area contributed by atoms with Crippen LogP contribution in [0.2, 0.25) is 0 Å². The van der Waals surface area contributed by atoms with Crippen molar-refractivity contribution in [2.45, 2.75) is 153 Å². The lowest BCUT2D eigenvalue weighted by Crippen LogP contribution is -2.10. The number of rotatable bonds is 8. The number of nitrogens with zero attached hydrogens (tertiary/aromatic N) is 3. The Kier molecular flexibility index (Phi) is 22.1. The van der Waals surface area contributed by atoms with Gasteiger partial charge < -0.3 is 0 Å². The van der Waals surface area contributed by atoms with E-state index in [0.29, 0.717) is 11.7 Å². The molecule has 3 heteroatoms. The van der Waals surface area contributed by atoms with Gasteiger partial charge in [0.2, 0.25) is 0 Å². The molecule has 1 aliphatic rings. The van der Waals surface area contributed by atoms with Crippen molar-refractivity contribution in [3.8, 4) is 11.1 Å². The minimum absolute atomic E-state index is 0.115. The summed E-state index contributed by atoms with van der Waals surface area (Å²) >= 11 is 0. The quantitative estimate of drug-likeness (QED) is 0.0963. The van der Waals surface area contributed by atoms with Crippen molar-refractivity contribution < 1.29 is 0 Å². The second-order valence-electron chi connectivity index (χ2n) is 18.5. The third-order valence-electron chi connectivity index (χ3n) is 10.9. The van der Waals surface area contributed by atoms with Crippen LogP contribution in [0.4, 0.5) is 0 Å². The predicted molar refractivity (Wildman–Crippen MR) is 285 cm³/mol. The molecule has 4 aromatic rings. The SMILES string of the molecule is CC.CC.CC.CC/C(=C\C=C(/C)c1ccc(C(C)(C)C)cc1)C(=NC)N=C(N=CC1C=CC(c2ccc(C(C)(C)C)cc2)=CCC1)c1ccc(-c2ccc(C(C)(C)C)cc2)cc1. The van der Waals surface area contributed by atoms with E-state index >= 15 is 0 Å². The molecule has 63 heavy (non-hydrogen) atoms. The standard InChI is InChI=1S/C54H65N3.3C2H6/c1-13-40(19-17-38(2)41-25-31-47(32-26-41)52(3,4)5)50(55-12)57-51(46-23-21-43(22-24-46)45-29-35-49(36-30-45)54(9,10)11)56-37-39-15-14-16-42(20-18-39)44-27-33-48(34-28-44)53(6,7)8;3*1-2/h16-37,39H,13-15H2,1-12H3;3*1-2H3/b38-17+,40-19+,55-50?,56-37?,57-51?;;;. The van der Waals surface area contributed by atoms with E-state index in [9.17, 15) is 0 Å². The van der Waals surface area contributed by atoms with Crippen LogP contribution in [-0.4, -0.2) is 24.9 Å². The lowest BCUT2D eigenvalue weighted by atomic mass is 9.86. The van der Waals surface area contributed by atoms with E-state index in [2.05, 4.69) is 210 Å². The zero-order chi connectivity index (χ0) is 47.4. The number of hydrogen-bond acceptors (Lipinski definition) is 1. The van der Waals surface area contributed by atoms with Crippen LogP contribution in [0.25, 0.3) is 22.3 Å². The summed E-state index contributed by atoms with van der Waals surface area (Å²) in [6.45, 7) is 36.6. The molecule has 1 aliphatic carbocycles. The van der Waals surface area contributed by atoms with Gasteiger partial charge in [-0.1, -0.05) is 238 Å². The topological polar surface area (TPSA) is 37.1 Å². The summed E-state index contributed by atoms with van der Waals surface area (Å²) in [4.78, 5) is 15.1. The summed E-state index contributed by atoms with van der Waals surface area (Å²) in [5.41, 5.74) is 13.7. The van der Waals surface area contributed by atoms with Gasteiger partial charge in [-0.15, -0.1) is 0 Å². The van der Waals surface area contributed by atoms with E-state index in [-0.39, 0.29) is 22.2 Å². The van der Waals surface area contributed by atoms with Gasteiger partial charge in [0.25, 0.3) is 0 Å². The molecule has 0 heterocycles. The molecule has 0 radical (unpaired) electrons. The monoisotopic (exact) mass is 846 g/mol. The molecule has 4 aromatic carbocycles. The van der Waals surface area contributed by atoms with Gasteiger partial charge in [0, 0.05) is 24.7 Å². The summed E-state index contributed by atoms with van der Waals surface area (Å²) in [6.07, 6.45) is 16.1. The van der Waals surface area contributed by atoms with E-state index < -0.39 is 0 Å². The molecule has 338 valence electrons. The maximum Gasteiger partial charge on any atom is 0.161 e. The van der Waals surface area contributed by atoms with Gasteiger partial charge in [-0.25, -0.2) is 9.98 Å². The van der Waals surface area contributed by atoms with Crippen molar-refractivity contribution in [3.05, 3.63) is 166 Å². The largest absolute Gasteiger partial charge is 0.270 e. The molecule has 0 saturated heterocycles. The Hall–Kier alpha value is -5.15. The van der Waals surface area contributed by atoms with Crippen LogP contribution in [0.1, 0.15) is 170 Å². The zero-order valence-electron chi connectivity index (χ0n) is 42.7. The van der Waals surface area contributed by atoms with Gasteiger partial charge in [0.1, 0.15) is 0 Å². The smallest absolute Gasteiger partial charge is 0.161 e. The van der Waals surface area contributed by atoms with Gasteiger partial charge in [-0.2, -0.15) is 0 Å². The van der Waals surface area contributed by atoms with Crippen LogP contribution < -0.4 is 0 Å². The van der Waals surface area contributed by atoms with E-state index in [1.165, 1.54) is 44.5 Å². The van der Waals surface area contributed by atoms with Gasteiger partial charge >= 0.3 is 0 Å². The zero-order valence-corrected chi connectivity index (χ0v) is 42.7.